The topological polar surface area (TPSA) is 95.0 Å². The molecule has 0 aliphatic heterocycles. The van der Waals surface area contributed by atoms with Gasteiger partial charge in [0.05, 0.1) is 18.3 Å². The van der Waals surface area contributed by atoms with Gasteiger partial charge in [0, 0.05) is 46.9 Å². The van der Waals surface area contributed by atoms with Gasteiger partial charge in [-0.15, -0.1) is 0 Å². The van der Waals surface area contributed by atoms with Crippen LogP contribution in [0, 0.1) is 11.6 Å². The highest BCUT2D eigenvalue weighted by Crippen LogP contribution is 2.24. The normalized spacial score (nSPS) is 11.4. The monoisotopic (exact) mass is 475 g/mol. The number of halogens is 2. The molecule has 0 saturated carbocycles. The van der Waals surface area contributed by atoms with Gasteiger partial charge in [0.15, 0.2) is 0 Å². The summed E-state index contributed by atoms with van der Waals surface area (Å²) < 4.78 is 29.4. The number of fused-ring (bicyclic) bond motifs is 2. The standard InChI is InChI=1S/C26H23F2N5O2/c27-19-6-5-17(22(28)9-19)14-33-15-18(21-10-24(26(34)32-35)31-13-25(21)33)11-29-8-7-16-12-30-23-4-2-1-3-20(16)23/h1-6,9-10,12-13,15,29-30,35H,7-8,11,14H2,(H,32,34). The van der Waals surface area contributed by atoms with Gasteiger partial charge in [-0.25, -0.2) is 19.2 Å². The molecule has 0 saturated heterocycles. The molecule has 1 amide bonds. The quantitative estimate of drug-likeness (QED) is 0.153. The molecule has 2 aromatic carbocycles. The molecule has 0 fully saturated rings. The Morgan fingerprint density at radius 3 is 2.74 bits per heavy atom. The van der Waals surface area contributed by atoms with Crippen LogP contribution >= 0.6 is 0 Å². The average molecular weight is 475 g/mol. The van der Waals surface area contributed by atoms with Crippen molar-refractivity contribution in [2.24, 2.45) is 0 Å². The van der Waals surface area contributed by atoms with E-state index >= 15 is 0 Å². The molecule has 3 aromatic heterocycles. The Hall–Kier alpha value is -4.08. The molecule has 0 aliphatic rings. The van der Waals surface area contributed by atoms with E-state index in [1.54, 1.807) is 11.5 Å². The Kier molecular flexibility index (Phi) is 6.26. The highest BCUT2D eigenvalue weighted by molar-refractivity contribution is 5.96. The molecule has 0 atom stereocenters. The zero-order chi connectivity index (χ0) is 24.4. The molecular weight excluding hydrogens is 452 g/mol. The van der Waals surface area contributed by atoms with Crippen molar-refractivity contribution in [3.63, 3.8) is 0 Å². The van der Waals surface area contributed by atoms with Crippen molar-refractivity contribution in [2.75, 3.05) is 6.54 Å². The highest BCUT2D eigenvalue weighted by atomic mass is 19.1. The molecule has 35 heavy (non-hydrogen) atoms. The van der Waals surface area contributed by atoms with Crippen molar-refractivity contribution in [1.29, 1.82) is 0 Å². The molecule has 0 unspecified atom stereocenters. The van der Waals surface area contributed by atoms with Crippen LogP contribution in [0.5, 0.6) is 0 Å². The summed E-state index contributed by atoms with van der Waals surface area (Å²) in [6, 6.07) is 13.2. The van der Waals surface area contributed by atoms with E-state index in [0.29, 0.717) is 17.6 Å². The number of rotatable bonds is 8. The van der Waals surface area contributed by atoms with E-state index in [2.05, 4.69) is 21.4 Å². The van der Waals surface area contributed by atoms with Crippen molar-refractivity contribution >= 4 is 27.7 Å². The summed E-state index contributed by atoms with van der Waals surface area (Å²) in [5.74, 6) is -1.98. The third-order valence-corrected chi connectivity index (χ3v) is 6.10. The lowest BCUT2D eigenvalue weighted by molar-refractivity contribution is 0.0701. The van der Waals surface area contributed by atoms with Crippen LogP contribution in [0.4, 0.5) is 8.78 Å². The molecule has 5 aromatic rings. The van der Waals surface area contributed by atoms with Crippen molar-refractivity contribution in [3.8, 4) is 0 Å². The number of hydrogen-bond acceptors (Lipinski definition) is 4. The first-order valence-corrected chi connectivity index (χ1v) is 11.2. The van der Waals surface area contributed by atoms with Gasteiger partial charge in [0.2, 0.25) is 0 Å². The summed E-state index contributed by atoms with van der Waals surface area (Å²) in [5.41, 5.74) is 5.88. The maximum absolute atomic E-state index is 14.3. The molecule has 0 spiro atoms. The predicted octanol–water partition coefficient (Wildman–Crippen LogP) is 4.30. The largest absolute Gasteiger partial charge is 0.361 e. The van der Waals surface area contributed by atoms with Crippen LogP contribution in [-0.4, -0.2) is 32.2 Å². The molecule has 5 rings (SSSR count). The second-order valence-corrected chi connectivity index (χ2v) is 8.33. The Morgan fingerprint density at radius 2 is 1.91 bits per heavy atom. The van der Waals surface area contributed by atoms with E-state index in [9.17, 15) is 13.6 Å². The van der Waals surface area contributed by atoms with E-state index in [1.807, 2.05) is 35.2 Å². The first-order chi connectivity index (χ1) is 17.0. The van der Waals surface area contributed by atoms with Gasteiger partial charge in [-0.2, -0.15) is 0 Å². The lowest BCUT2D eigenvalue weighted by atomic mass is 10.1. The van der Waals surface area contributed by atoms with E-state index < -0.39 is 17.5 Å². The van der Waals surface area contributed by atoms with E-state index in [0.717, 1.165) is 35.5 Å². The number of nitrogens with zero attached hydrogens (tertiary/aromatic N) is 2. The van der Waals surface area contributed by atoms with Crippen LogP contribution in [0.1, 0.15) is 27.2 Å². The van der Waals surface area contributed by atoms with Crippen LogP contribution in [0.25, 0.3) is 21.8 Å². The molecule has 178 valence electrons. The number of benzene rings is 2. The number of pyridine rings is 1. The van der Waals surface area contributed by atoms with Gasteiger partial charge >= 0.3 is 0 Å². The summed E-state index contributed by atoms with van der Waals surface area (Å²) in [7, 11) is 0. The van der Waals surface area contributed by atoms with Crippen LogP contribution in [0.2, 0.25) is 0 Å². The number of para-hydroxylation sites is 1. The third kappa shape index (κ3) is 4.64. The summed E-state index contributed by atoms with van der Waals surface area (Å²) in [5, 5.41) is 14.4. The summed E-state index contributed by atoms with van der Waals surface area (Å²) in [6.07, 6.45) is 6.22. The number of nitrogens with one attached hydrogen (secondary N) is 3. The Labute approximate surface area is 199 Å². The number of carbonyl (C=O) groups excluding carboxylic acids is 1. The van der Waals surface area contributed by atoms with E-state index in [1.165, 1.54) is 29.3 Å². The van der Waals surface area contributed by atoms with Crippen LogP contribution < -0.4 is 10.8 Å². The van der Waals surface area contributed by atoms with Crippen LogP contribution in [0.15, 0.2) is 67.1 Å². The number of H-pyrrole nitrogens is 1. The molecule has 0 bridgehead atoms. The maximum atomic E-state index is 14.3. The first kappa shape index (κ1) is 22.7. The second-order valence-electron chi connectivity index (χ2n) is 8.33. The fraction of sp³-hybridized carbons (Fsp3) is 0.154. The third-order valence-electron chi connectivity index (χ3n) is 6.10. The molecule has 0 aliphatic carbocycles. The van der Waals surface area contributed by atoms with Crippen molar-refractivity contribution in [1.82, 2.24) is 25.3 Å². The van der Waals surface area contributed by atoms with Crippen LogP contribution in [-0.2, 0) is 19.5 Å². The van der Waals surface area contributed by atoms with Crippen molar-refractivity contribution in [2.45, 2.75) is 19.5 Å². The zero-order valence-corrected chi connectivity index (χ0v) is 18.7. The van der Waals surface area contributed by atoms with Crippen LogP contribution in [0.3, 0.4) is 0 Å². The van der Waals surface area contributed by atoms with Gasteiger partial charge in [0.25, 0.3) is 5.91 Å². The number of aromatic amines is 1. The number of amides is 1. The van der Waals surface area contributed by atoms with Gasteiger partial charge in [-0.05, 0) is 42.3 Å². The fourth-order valence-electron chi connectivity index (χ4n) is 4.33. The Morgan fingerprint density at radius 1 is 1.06 bits per heavy atom. The lowest BCUT2D eigenvalue weighted by Crippen LogP contribution is -2.20. The van der Waals surface area contributed by atoms with Gasteiger partial charge < -0.3 is 14.9 Å². The first-order valence-electron chi connectivity index (χ1n) is 11.2. The number of carbonyl (C=O) groups is 1. The zero-order valence-electron chi connectivity index (χ0n) is 18.7. The van der Waals surface area contributed by atoms with E-state index in [-0.39, 0.29) is 12.2 Å². The molecule has 3 heterocycles. The maximum Gasteiger partial charge on any atom is 0.293 e. The Bertz CT molecular complexity index is 1530. The molecule has 7 nitrogen and oxygen atoms in total. The molecular formula is C26H23F2N5O2. The SMILES string of the molecule is O=C(NO)c1cc2c(CNCCc3c[nH]c4ccccc34)cn(Cc3ccc(F)cc3F)c2cn1. The van der Waals surface area contributed by atoms with E-state index in [4.69, 9.17) is 5.21 Å². The minimum atomic E-state index is -0.720. The minimum Gasteiger partial charge on any atom is -0.361 e. The summed E-state index contributed by atoms with van der Waals surface area (Å²) in [6.45, 7) is 1.39. The van der Waals surface area contributed by atoms with Crippen molar-refractivity contribution < 1.29 is 18.8 Å². The average Bonchev–Trinajstić information content (AvgIpc) is 3.44. The summed E-state index contributed by atoms with van der Waals surface area (Å²) >= 11 is 0. The lowest BCUT2D eigenvalue weighted by Gasteiger charge is -2.07. The highest BCUT2D eigenvalue weighted by Gasteiger charge is 2.15. The Balaban J connectivity index is 1.38. The van der Waals surface area contributed by atoms with Gasteiger partial charge in [-0.3, -0.25) is 10.0 Å². The summed E-state index contributed by atoms with van der Waals surface area (Å²) in [4.78, 5) is 19.3. The second kappa shape index (κ2) is 9.65. The smallest absolute Gasteiger partial charge is 0.293 e. The van der Waals surface area contributed by atoms with Gasteiger partial charge in [-0.1, -0.05) is 24.3 Å². The number of hydrogen-bond donors (Lipinski definition) is 4. The minimum absolute atomic E-state index is 0.0609. The molecule has 9 heteroatoms. The van der Waals surface area contributed by atoms with Gasteiger partial charge in [0.1, 0.15) is 17.3 Å². The molecule has 4 N–H and O–H groups in total. The van der Waals surface area contributed by atoms with Crippen molar-refractivity contribution in [3.05, 3.63) is 101 Å². The predicted molar refractivity (Wildman–Crippen MR) is 128 cm³/mol. The number of hydroxylamine groups is 1. The number of aromatic nitrogens is 3. The molecule has 0 radical (unpaired) electrons. The fourth-order valence-corrected chi connectivity index (χ4v) is 4.33.